The van der Waals surface area contributed by atoms with Gasteiger partial charge in [0.1, 0.15) is 18.5 Å². The fourth-order valence-electron chi connectivity index (χ4n) is 4.04. The molecule has 0 bridgehead atoms. The summed E-state index contributed by atoms with van der Waals surface area (Å²) in [5.74, 6) is -1.15. The van der Waals surface area contributed by atoms with Gasteiger partial charge in [-0.25, -0.2) is 19.9 Å². The number of rotatable bonds is 6. The van der Waals surface area contributed by atoms with Gasteiger partial charge < -0.3 is 14.2 Å². The highest BCUT2D eigenvalue weighted by Crippen LogP contribution is 2.44. The van der Waals surface area contributed by atoms with Gasteiger partial charge in [0.05, 0.1) is 12.4 Å². The van der Waals surface area contributed by atoms with E-state index in [1.54, 1.807) is 22.7 Å². The summed E-state index contributed by atoms with van der Waals surface area (Å²) in [5, 5.41) is 0. The number of anilines is 1. The lowest BCUT2D eigenvalue weighted by atomic mass is 10.1. The number of nitrogens with zero attached hydrogens (tertiary/aromatic N) is 5. The minimum Gasteiger partial charge on any atom is -0.348 e. The Balaban J connectivity index is 1.79. The number of ether oxygens (including phenoxy) is 3. The molecular formula is C22H27N5O5S. The van der Waals surface area contributed by atoms with Gasteiger partial charge in [-0.1, -0.05) is 13.2 Å². The van der Waals surface area contributed by atoms with Crippen molar-refractivity contribution in [3.8, 4) is 0 Å². The van der Waals surface area contributed by atoms with Crippen molar-refractivity contribution in [3.63, 3.8) is 0 Å². The van der Waals surface area contributed by atoms with Crippen LogP contribution in [0.4, 0.5) is 5.82 Å². The number of carbonyl (C=O) groups is 2. The van der Waals surface area contributed by atoms with E-state index in [-0.39, 0.29) is 40.8 Å². The Morgan fingerprint density at radius 3 is 2.36 bits per heavy atom. The Bertz CT molecular complexity index is 1120. The molecule has 0 aromatic carbocycles. The fourth-order valence-corrected chi connectivity index (χ4v) is 4.63. The third kappa shape index (κ3) is 4.10. The van der Waals surface area contributed by atoms with Crippen molar-refractivity contribution in [2.45, 2.75) is 58.0 Å². The van der Waals surface area contributed by atoms with Crippen LogP contribution in [0.25, 0.3) is 11.2 Å². The van der Waals surface area contributed by atoms with Gasteiger partial charge in [-0.15, -0.1) is 0 Å². The molecule has 11 heteroatoms. The Kier molecular flexibility index (Phi) is 6.16. The number of thioether (sulfide) groups is 1. The average molecular weight is 474 g/mol. The fraction of sp³-hybridized carbons (Fsp3) is 0.500. The molecule has 2 aromatic rings. The number of hydrogen-bond donors (Lipinski definition) is 0. The maximum Gasteiger partial charge on any atom is 0.261 e. The van der Waals surface area contributed by atoms with Crippen molar-refractivity contribution in [1.29, 1.82) is 0 Å². The number of hydrogen-bond acceptors (Lipinski definition) is 9. The first-order valence-electron chi connectivity index (χ1n) is 10.4. The summed E-state index contributed by atoms with van der Waals surface area (Å²) >= 11 is 1.66. The van der Waals surface area contributed by atoms with Crippen molar-refractivity contribution in [2.75, 3.05) is 16.9 Å². The van der Waals surface area contributed by atoms with E-state index in [2.05, 4.69) is 28.1 Å². The molecule has 4 rings (SSSR count). The summed E-state index contributed by atoms with van der Waals surface area (Å²) in [6.07, 6.45) is 3.48. The average Bonchev–Trinajstić information content (AvgIpc) is 3.40. The number of aromatic nitrogens is 4. The molecule has 0 unspecified atom stereocenters. The lowest BCUT2D eigenvalue weighted by Gasteiger charge is -2.24. The number of imidazole rings is 1. The lowest BCUT2D eigenvalue weighted by Crippen LogP contribution is -2.38. The maximum atomic E-state index is 12.8. The van der Waals surface area contributed by atoms with Crippen LogP contribution >= 0.6 is 11.8 Å². The number of imide groups is 1. The molecule has 0 spiro atoms. The van der Waals surface area contributed by atoms with Crippen molar-refractivity contribution in [3.05, 3.63) is 37.0 Å². The van der Waals surface area contributed by atoms with Crippen LogP contribution in [0.3, 0.4) is 0 Å². The topological polar surface area (TPSA) is 109 Å². The minimum absolute atomic E-state index is 0.0545. The molecule has 10 nitrogen and oxygen atoms in total. The van der Waals surface area contributed by atoms with Crippen LogP contribution in [0.15, 0.2) is 37.0 Å². The third-order valence-corrected chi connectivity index (χ3v) is 6.08. The van der Waals surface area contributed by atoms with Crippen LogP contribution in [0.5, 0.6) is 0 Å². The molecule has 2 aliphatic rings. The summed E-state index contributed by atoms with van der Waals surface area (Å²) in [6, 6.07) is 0. The van der Waals surface area contributed by atoms with Crippen molar-refractivity contribution < 1.29 is 23.8 Å². The molecule has 4 atom stereocenters. The normalized spacial score (nSPS) is 25.7. The zero-order valence-electron chi connectivity index (χ0n) is 19.3. The van der Waals surface area contributed by atoms with Crippen molar-refractivity contribution >= 4 is 40.6 Å². The molecule has 2 amide bonds. The van der Waals surface area contributed by atoms with Gasteiger partial charge in [0.15, 0.2) is 29.0 Å². The van der Waals surface area contributed by atoms with Gasteiger partial charge in [0.2, 0.25) is 0 Å². The van der Waals surface area contributed by atoms with Crippen LogP contribution in [0.1, 0.15) is 33.9 Å². The van der Waals surface area contributed by atoms with E-state index in [1.165, 1.54) is 20.2 Å². The van der Waals surface area contributed by atoms with Gasteiger partial charge >= 0.3 is 0 Å². The number of fused-ring (bicyclic) bond motifs is 2. The first kappa shape index (κ1) is 23.6. The number of amides is 2. The molecule has 0 saturated carbocycles. The molecule has 33 heavy (non-hydrogen) atoms. The van der Waals surface area contributed by atoms with Crippen LogP contribution < -0.4 is 4.90 Å². The highest BCUT2D eigenvalue weighted by atomic mass is 32.2. The van der Waals surface area contributed by atoms with Gasteiger partial charge in [-0.05, 0) is 34.0 Å². The van der Waals surface area contributed by atoms with E-state index in [0.29, 0.717) is 5.65 Å². The smallest absolute Gasteiger partial charge is 0.261 e. The maximum absolute atomic E-state index is 12.8. The summed E-state index contributed by atoms with van der Waals surface area (Å²) in [5.41, 5.74) is 1.03. The predicted molar refractivity (Wildman–Crippen MR) is 124 cm³/mol. The third-order valence-electron chi connectivity index (χ3n) is 5.42. The molecule has 4 heterocycles. The van der Waals surface area contributed by atoms with Gasteiger partial charge in [0, 0.05) is 16.9 Å². The first-order chi connectivity index (χ1) is 15.6. The predicted octanol–water partition coefficient (Wildman–Crippen LogP) is 2.62. The van der Waals surface area contributed by atoms with Crippen LogP contribution in [-0.4, -0.2) is 67.4 Å². The molecule has 2 fully saturated rings. The van der Waals surface area contributed by atoms with E-state index in [4.69, 9.17) is 14.2 Å². The van der Waals surface area contributed by atoms with Crippen LogP contribution in [-0.2, 0) is 23.8 Å². The first-order valence-corrected chi connectivity index (χ1v) is 11.8. The van der Waals surface area contributed by atoms with E-state index < -0.39 is 23.8 Å². The van der Waals surface area contributed by atoms with E-state index in [0.717, 1.165) is 10.7 Å². The highest BCUT2D eigenvalue weighted by molar-refractivity contribution is 7.98. The molecule has 0 N–H and O–H groups in total. The van der Waals surface area contributed by atoms with Gasteiger partial charge in [-0.2, -0.15) is 11.8 Å². The van der Waals surface area contributed by atoms with E-state index >= 15 is 0 Å². The second kappa shape index (κ2) is 8.64. The van der Waals surface area contributed by atoms with Gasteiger partial charge in [0.25, 0.3) is 11.8 Å². The second-order valence-electron chi connectivity index (χ2n) is 8.61. The minimum atomic E-state index is -0.747. The Labute approximate surface area is 196 Å². The van der Waals surface area contributed by atoms with Crippen molar-refractivity contribution in [1.82, 2.24) is 19.5 Å². The largest absolute Gasteiger partial charge is 0.348 e. The molecule has 176 valence electrons. The molecule has 2 saturated heterocycles. The van der Waals surface area contributed by atoms with Crippen LogP contribution in [0, 0.1) is 0 Å². The zero-order chi connectivity index (χ0) is 24.1. The Morgan fingerprint density at radius 2 is 1.76 bits per heavy atom. The highest BCUT2D eigenvalue weighted by Gasteiger charge is 2.56. The lowest BCUT2D eigenvalue weighted by molar-refractivity contribution is -0.193. The zero-order valence-corrected chi connectivity index (χ0v) is 20.1. The van der Waals surface area contributed by atoms with Crippen LogP contribution in [0.2, 0.25) is 0 Å². The molecule has 0 radical (unpaired) electrons. The second-order valence-corrected chi connectivity index (χ2v) is 9.52. The van der Waals surface area contributed by atoms with E-state index in [9.17, 15) is 9.59 Å². The summed E-state index contributed by atoms with van der Waals surface area (Å²) in [6.45, 7) is 14.1. The summed E-state index contributed by atoms with van der Waals surface area (Å²) < 4.78 is 20.3. The van der Waals surface area contributed by atoms with Crippen molar-refractivity contribution in [2.24, 2.45) is 0 Å². The SMILES string of the molecule is C=C(C)C(=O)N(C(=O)C(=C)C)c1ncnc2c1ncn2[C@@H]1O[C@H](CSC)[C@H]2OC(C)(C)O[C@H]21. The van der Waals surface area contributed by atoms with Gasteiger partial charge in [-0.3, -0.25) is 14.2 Å². The number of carbonyl (C=O) groups excluding carboxylic acids is 2. The Morgan fingerprint density at radius 1 is 1.12 bits per heavy atom. The monoisotopic (exact) mass is 473 g/mol. The molecule has 2 aliphatic heterocycles. The summed E-state index contributed by atoms with van der Waals surface area (Å²) in [7, 11) is 0. The molecule has 2 aromatic heterocycles. The molecular weight excluding hydrogens is 446 g/mol. The van der Waals surface area contributed by atoms with E-state index in [1.807, 2.05) is 20.1 Å². The molecule has 0 aliphatic carbocycles. The quantitative estimate of drug-likeness (QED) is 0.585. The Hall–Kier alpha value is -2.60. The standard InChI is InChI=1S/C22H27N5O5S/c1-11(2)19(28)27(20(29)12(3)4)18-14-17(23-9-24-18)26(10-25-14)21-16-15(13(30-21)8-33-7)31-22(5,6)32-16/h9-10,13,15-16,21H,1,3,8H2,2,4-7H3/t13-,15-,16-,21-/m1/s1. The summed E-state index contributed by atoms with van der Waals surface area (Å²) in [4.78, 5) is 39.6.